The normalized spacial score (nSPS) is 26.9. The summed E-state index contributed by atoms with van der Waals surface area (Å²) >= 11 is 0. The summed E-state index contributed by atoms with van der Waals surface area (Å²) in [5.74, 6) is -2.52. The van der Waals surface area contributed by atoms with Crippen LogP contribution < -0.4 is 5.32 Å². The Balaban J connectivity index is 1.70. The van der Waals surface area contributed by atoms with Crippen molar-refractivity contribution in [2.45, 2.75) is 30.3 Å². The minimum Gasteiger partial charge on any atom is -0.507 e. The van der Waals surface area contributed by atoms with Gasteiger partial charge in [-0.1, -0.05) is 48.5 Å². The molecular formula is C29H23NO8. The highest BCUT2D eigenvalue weighted by Gasteiger charge is 2.68. The second-order valence-corrected chi connectivity index (χ2v) is 9.76. The molecule has 0 spiro atoms. The Morgan fingerprint density at radius 2 is 1.55 bits per heavy atom. The van der Waals surface area contributed by atoms with Gasteiger partial charge in [-0.15, -0.1) is 0 Å². The summed E-state index contributed by atoms with van der Waals surface area (Å²) < 4.78 is 4.72. The number of carbonyl (C=O) groups excluding carboxylic acids is 3. The molecule has 0 saturated heterocycles. The van der Waals surface area contributed by atoms with Gasteiger partial charge in [0.2, 0.25) is 0 Å². The summed E-state index contributed by atoms with van der Waals surface area (Å²) in [7, 11) is 1.16. The zero-order valence-corrected chi connectivity index (χ0v) is 20.4. The van der Waals surface area contributed by atoms with Crippen molar-refractivity contribution in [3.63, 3.8) is 0 Å². The van der Waals surface area contributed by atoms with Crippen molar-refractivity contribution in [1.82, 2.24) is 0 Å². The first-order valence-corrected chi connectivity index (χ1v) is 11.9. The number of hydrogen-bond acceptors (Lipinski definition) is 9. The van der Waals surface area contributed by atoms with Crippen LogP contribution in [0.2, 0.25) is 0 Å². The molecule has 3 aromatic rings. The van der Waals surface area contributed by atoms with Crippen LogP contribution in [0, 0.1) is 0 Å². The molecule has 6 rings (SSSR count). The Morgan fingerprint density at radius 1 is 0.974 bits per heavy atom. The number of phenols is 1. The maximum atomic E-state index is 13.7. The number of ketones is 2. The van der Waals surface area contributed by atoms with Crippen LogP contribution in [0.15, 0.2) is 66.2 Å². The largest absolute Gasteiger partial charge is 0.507 e. The average molecular weight is 514 g/mol. The Hall–Kier alpha value is -4.31. The average Bonchev–Trinajstić information content (AvgIpc) is 2.92. The molecular weight excluding hydrogens is 490 g/mol. The number of nitrogens with one attached hydrogen (secondary N) is 1. The van der Waals surface area contributed by atoms with Crippen molar-refractivity contribution in [2.24, 2.45) is 0 Å². The van der Waals surface area contributed by atoms with Gasteiger partial charge < -0.3 is 30.5 Å². The standard InChI is InChI=1S/C29H23NO8/c1-13(11-20(32)38-2)28(36)26-16-9-5-6-10-17(16)27(35)29(28,37)18-12-19(31)21-22(23(18)30-26)25(34)15-8-4-3-7-14(15)24(21)33/h3-12,26-27,30-31,35-37H,1-2H3/b13-11+/t26-,27+,28-,29-/m0/s1. The van der Waals surface area contributed by atoms with Gasteiger partial charge in [0.25, 0.3) is 0 Å². The van der Waals surface area contributed by atoms with Crippen molar-refractivity contribution in [1.29, 1.82) is 0 Å². The van der Waals surface area contributed by atoms with Gasteiger partial charge in [-0.2, -0.15) is 0 Å². The molecule has 0 radical (unpaired) electrons. The third kappa shape index (κ3) is 2.72. The molecule has 0 unspecified atom stereocenters. The molecule has 192 valence electrons. The maximum absolute atomic E-state index is 13.7. The van der Waals surface area contributed by atoms with Gasteiger partial charge in [0.05, 0.1) is 30.0 Å². The second-order valence-electron chi connectivity index (χ2n) is 9.76. The lowest BCUT2D eigenvalue weighted by molar-refractivity contribution is -0.215. The van der Waals surface area contributed by atoms with Gasteiger partial charge in [0, 0.05) is 22.8 Å². The number of benzene rings is 3. The molecule has 9 heteroatoms. The molecule has 4 atom stereocenters. The Kier molecular flexibility index (Phi) is 4.97. The van der Waals surface area contributed by atoms with Crippen LogP contribution >= 0.6 is 0 Å². The van der Waals surface area contributed by atoms with E-state index in [-0.39, 0.29) is 39.1 Å². The van der Waals surface area contributed by atoms with Crippen LogP contribution in [0.5, 0.6) is 5.75 Å². The highest BCUT2D eigenvalue weighted by atomic mass is 16.5. The number of carbonyl (C=O) groups is 3. The number of aliphatic hydroxyl groups excluding tert-OH is 1. The maximum Gasteiger partial charge on any atom is 0.330 e. The zero-order valence-electron chi connectivity index (χ0n) is 20.4. The fourth-order valence-corrected chi connectivity index (χ4v) is 6.18. The van der Waals surface area contributed by atoms with Crippen LogP contribution in [0.4, 0.5) is 5.69 Å². The topological polar surface area (TPSA) is 153 Å². The third-order valence-electron chi connectivity index (χ3n) is 8.01. The Labute approximate surface area is 216 Å². The summed E-state index contributed by atoms with van der Waals surface area (Å²) in [6.45, 7) is 1.41. The monoisotopic (exact) mass is 513 g/mol. The quantitative estimate of drug-likeness (QED) is 0.154. The first-order chi connectivity index (χ1) is 18.1. The van der Waals surface area contributed by atoms with Gasteiger partial charge >= 0.3 is 5.97 Å². The number of hydrogen-bond donors (Lipinski definition) is 5. The van der Waals surface area contributed by atoms with E-state index in [4.69, 9.17) is 4.74 Å². The van der Waals surface area contributed by atoms with Gasteiger partial charge in [-0.25, -0.2) is 4.79 Å². The van der Waals surface area contributed by atoms with Gasteiger partial charge in [-0.05, 0) is 29.7 Å². The number of aliphatic hydroxyl groups is 3. The van der Waals surface area contributed by atoms with E-state index in [2.05, 4.69) is 5.32 Å². The Bertz CT molecular complexity index is 1620. The van der Waals surface area contributed by atoms with E-state index in [0.29, 0.717) is 11.1 Å². The smallest absolute Gasteiger partial charge is 0.330 e. The molecule has 38 heavy (non-hydrogen) atoms. The number of phenolic OH excluding ortho intramolecular Hbond substituents is 1. The Morgan fingerprint density at radius 3 is 2.18 bits per heavy atom. The number of esters is 1. The SMILES string of the molecule is COC(=O)/C=C(\C)[C@]1(O)[C@H]2Nc3c(cc(O)c4c3C(=O)c3ccccc3C4=O)[C@]1(O)[C@H](O)c1ccccc12. The molecule has 3 aliphatic rings. The lowest BCUT2D eigenvalue weighted by Crippen LogP contribution is -2.66. The molecule has 0 amide bonds. The summed E-state index contributed by atoms with van der Waals surface area (Å²) in [6.07, 6.45) is -0.741. The van der Waals surface area contributed by atoms with E-state index in [0.717, 1.165) is 19.3 Å². The number of ether oxygens (including phenoxy) is 1. The van der Waals surface area contributed by atoms with E-state index < -0.39 is 46.6 Å². The fraction of sp³-hybridized carbons (Fsp3) is 0.207. The van der Waals surface area contributed by atoms with Crippen LogP contribution in [0.25, 0.3) is 0 Å². The van der Waals surface area contributed by atoms with Crippen molar-refractivity contribution < 1.29 is 39.5 Å². The summed E-state index contributed by atoms with van der Waals surface area (Å²) in [6, 6.07) is 12.7. The summed E-state index contributed by atoms with van der Waals surface area (Å²) in [4.78, 5) is 39.3. The number of anilines is 1. The molecule has 9 nitrogen and oxygen atoms in total. The van der Waals surface area contributed by atoms with Crippen molar-refractivity contribution in [3.05, 3.63) is 105 Å². The molecule has 2 bridgehead atoms. The molecule has 2 aliphatic carbocycles. The minimum atomic E-state index is -2.56. The van der Waals surface area contributed by atoms with E-state index in [1.54, 1.807) is 36.4 Å². The number of fused-ring (bicyclic) bond motifs is 9. The lowest BCUT2D eigenvalue weighted by atomic mass is 9.56. The van der Waals surface area contributed by atoms with E-state index in [1.807, 2.05) is 0 Å². The fourth-order valence-electron chi connectivity index (χ4n) is 6.18. The molecule has 1 aliphatic heterocycles. The highest BCUT2D eigenvalue weighted by molar-refractivity contribution is 6.31. The highest BCUT2D eigenvalue weighted by Crippen LogP contribution is 2.63. The third-order valence-corrected chi connectivity index (χ3v) is 8.01. The molecule has 5 N–H and O–H groups in total. The van der Waals surface area contributed by atoms with Gasteiger partial charge in [0.1, 0.15) is 17.5 Å². The minimum absolute atomic E-state index is 0.00208. The van der Waals surface area contributed by atoms with Crippen molar-refractivity contribution in [3.8, 4) is 5.75 Å². The first-order valence-electron chi connectivity index (χ1n) is 11.9. The van der Waals surface area contributed by atoms with Crippen LogP contribution in [0.3, 0.4) is 0 Å². The molecule has 0 saturated carbocycles. The number of methoxy groups -OCH3 is 1. The number of aromatic hydroxyl groups is 1. The molecule has 0 aromatic heterocycles. The predicted octanol–water partition coefficient (Wildman–Crippen LogP) is 2.42. The summed E-state index contributed by atoms with van der Waals surface area (Å²) in [5, 5.41) is 50.4. The molecule has 3 aromatic carbocycles. The molecule has 0 fully saturated rings. The van der Waals surface area contributed by atoms with Crippen LogP contribution in [0.1, 0.15) is 67.6 Å². The van der Waals surface area contributed by atoms with E-state index >= 15 is 0 Å². The zero-order chi connectivity index (χ0) is 27.1. The number of rotatable bonds is 2. The second kappa shape index (κ2) is 7.84. The first kappa shape index (κ1) is 24.1. The molecule has 1 heterocycles. The lowest BCUT2D eigenvalue weighted by Gasteiger charge is -2.58. The summed E-state index contributed by atoms with van der Waals surface area (Å²) in [5.41, 5.74) is -4.58. The van der Waals surface area contributed by atoms with Crippen molar-refractivity contribution in [2.75, 3.05) is 12.4 Å². The predicted molar refractivity (Wildman–Crippen MR) is 134 cm³/mol. The van der Waals surface area contributed by atoms with Gasteiger partial charge in [-0.3, -0.25) is 9.59 Å². The van der Waals surface area contributed by atoms with Crippen molar-refractivity contribution >= 4 is 23.2 Å². The van der Waals surface area contributed by atoms with Gasteiger partial charge in [0.15, 0.2) is 17.2 Å². The van der Waals surface area contributed by atoms with Crippen LogP contribution in [-0.4, -0.2) is 50.7 Å². The van der Waals surface area contributed by atoms with E-state index in [1.165, 1.54) is 19.1 Å². The van der Waals surface area contributed by atoms with E-state index in [9.17, 15) is 34.8 Å². The van der Waals surface area contributed by atoms with Crippen LogP contribution in [-0.2, 0) is 15.1 Å².